The molecule has 10 heavy (non-hydrogen) atoms. The van der Waals surface area contributed by atoms with Crippen LogP contribution in [-0.4, -0.2) is 28.7 Å². The highest BCUT2D eigenvalue weighted by Gasteiger charge is 2.17. The van der Waals surface area contributed by atoms with Gasteiger partial charge in [-0.3, -0.25) is 9.69 Å². The largest absolute Gasteiger partial charge is 0.281 e. The van der Waals surface area contributed by atoms with Crippen molar-refractivity contribution >= 4 is 28.4 Å². The standard InChI is InChI=1S/C6H11Cl2NO/c1-3-9(4-2)5(7)6(8)10/h5H,3-4H2,1-2H3. The van der Waals surface area contributed by atoms with Gasteiger partial charge >= 0.3 is 0 Å². The number of alkyl halides is 1. The van der Waals surface area contributed by atoms with Crippen molar-refractivity contribution in [1.82, 2.24) is 4.90 Å². The van der Waals surface area contributed by atoms with Crippen molar-refractivity contribution < 1.29 is 4.79 Å². The van der Waals surface area contributed by atoms with Gasteiger partial charge in [-0.2, -0.15) is 0 Å². The molecule has 0 aromatic heterocycles. The van der Waals surface area contributed by atoms with Gasteiger partial charge in [0.1, 0.15) is 0 Å². The number of likely N-dealkylation sites (N-methyl/N-ethyl adjacent to an activating group) is 1. The Morgan fingerprint density at radius 2 is 1.90 bits per heavy atom. The molecule has 0 spiro atoms. The molecule has 4 heteroatoms. The Hall–Kier alpha value is 0.210. The summed E-state index contributed by atoms with van der Waals surface area (Å²) in [6, 6.07) is 0. The Balaban J connectivity index is 3.88. The summed E-state index contributed by atoms with van der Waals surface area (Å²) in [5.74, 6) is 0. The third-order valence-electron chi connectivity index (χ3n) is 1.32. The average Bonchev–Trinajstić information content (AvgIpc) is 1.90. The summed E-state index contributed by atoms with van der Waals surface area (Å²) in [6.07, 6.45) is 0. The van der Waals surface area contributed by atoms with Crippen LogP contribution < -0.4 is 0 Å². The van der Waals surface area contributed by atoms with E-state index >= 15 is 0 Å². The van der Waals surface area contributed by atoms with Gasteiger partial charge in [0.2, 0.25) is 0 Å². The predicted octanol–water partition coefficient (Wildman–Crippen LogP) is 1.66. The maximum absolute atomic E-state index is 10.5. The minimum absolute atomic E-state index is 0.509. The lowest BCUT2D eigenvalue weighted by molar-refractivity contribution is -0.114. The van der Waals surface area contributed by atoms with E-state index in [1.165, 1.54) is 0 Å². The molecule has 0 aromatic carbocycles. The molecule has 2 nitrogen and oxygen atoms in total. The maximum atomic E-state index is 10.5. The smallest absolute Gasteiger partial charge is 0.254 e. The van der Waals surface area contributed by atoms with Gasteiger partial charge in [0.25, 0.3) is 5.24 Å². The summed E-state index contributed by atoms with van der Waals surface area (Å²) in [5, 5.41) is -0.509. The summed E-state index contributed by atoms with van der Waals surface area (Å²) in [5.41, 5.74) is -0.670. The Labute approximate surface area is 71.1 Å². The molecule has 1 unspecified atom stereocenters. The molecule has 0 saturated carbocycles. The Kier molecular flexibility index (Phi) is 5.04. The highest BCUT2D eigenvalue weighted by atomic mass is 35.5. The molecule has 0 saturated heterocycles. The molecule has 0 rings (SSSR count). The van der Waals surface area contributed by atoms with Crippen LogP contribution in [0, 0.1) is 0 Å². The van der Waals surface area contributed by atoms with Crippen LogP contribution in [0.3, 0.4) is 0 Å². The monoisotopic (exact) mass is 183 g/mol. The van der Waals surface area contributed by atoms with Crippen LogP contribution in [0.5, 0.6) is 0 Å². The maximum Gasteiger partial charge on any atom is 0.254 e. The first-order valence-electron chi connectivity index (χ1n) is 3.20. The van der Waals surface area contributed by atoms with Gasteiger partial charge < -0.3 is 0 Å². The van der Waals surface area contributed by atoms with E-state index in [1.807, 2.05) is 13.8 Å². The zero-order valence-electron chi connectivity index (χ0n) is 6.10. The minimum Gasteiger partial charge on any atom is -0.281 e. The van der Waals surface area contributed by atoms with Crippen LogP contribution in [-0.2, 0) is 4.79 Å². The molecule has 0 aromatic rings. The molecule has 0 aliphatic rings. The van der Waals surface area contributed by atoms with Crippen molar-refractivity contribution in [3.05, 3.63) is 0 Å². The number of hydrogen-bond acceptors (Lipinski definition) is 2. The third kappa shape index (κ3) is 2.86. The van der Waals surface area contributed by atoms with Crippen molar-refractivity contribution in [2.24, 2.45) is 0 Å². The highest BCUT2D eigenvalue weighted by molar-refractivity contribution is 6.69. The SMILES string of the molecule is CCN(CC)C(Cl)C(=O)Cl. The van der Waals surface area contributed by atoms with E-state index in [0.717, 1.165) is 13.1 Å². The van der Waals surface area contributed by atoms with E-state index < -0.39 is 10.7 Å². The lowest BCUT2D eigenvalue weighted by atomic mass is 10.5. The molecular formula is C6H11Cl2NO. The van der Waals surface area contributed by atoms with Gasteiger partial charge in [-0.05, 0) is 24.7 Å². The van der Waals surface area contributed by atoms with E-state index in [4.69, 9.17) is 23.2 Å². The van der Waals surface area contributed by atoms with Gasteiger partial charge in [0.15, 0.2) is 5.50 Å². The minimum atomic E-state index is -0.670. The van der Waals surface area contributed by atoms with Gasteiger partial charge in [0.05, 0.1) is 0 Å². The number of hydrogen-bond donors (Lipinski definition) is 0. The number of rotatable bonds is 4. The van der Waals surface area contributed by atoms with Crippen LogP contribution in [0.1, 0.15) is 13.8 Å². The molecule has 0 aliphatic heterocycles. The molecule has 0 radical (unpaired) electrons. The molecule has 0 N–H and O–H groups in total. The molecule has 1 atom stereocenters. The van der Waals surface area contributed by atoms with Crippen molar-refractivity contribution in [3.8, 4) is 0 Å². The Bertz CT molecular complexity index is 114. The van der Waals surface area contributed by atoms with Crippen molar-refractivity contribution in [2.45, 2.75) is 19.3 Å². The topological polar surface area (TPSA) is 20.3 Å². The van der Waals surface area contributed by atoms with Crippen LogP contribution in [0.4, 0.5) is 0 Å². The molecule has 0 fully saturated rings. The zero-order chi connectivity index (χ0) is 8.15. The lowest BCUT2D eigenvalue weighted by Crippen LogP contribution is -2.34. The number of halogens is 2. The van der Waals surface area contributed by atoms with Crippen LogP contribution in [0.2, 0.25) is 0 Å². The summed E-state index contributed by atoms with van der Waals surface area (Å²) >= 11 is 10.8. The number of carbonyl (C=O) groups is 1. The second kappa shape index (κ2) is 4.94. The van der Waals surface area contributed by atoms with E-state index in [-0.39, 0.29) is 0 Å². The van der Waals surface area contributed by atoms with Gasteiger partial charge in [-0.15, -0.1) is 0 Å². The van der Waals surface area contributed by atoms with Crippen LogP contribution >= 0.6 is 23.2 Å². The van der Waals surface area contributed by atoms with Gasteiger partial charge in [0, 0.05) is 0 Å². The molecule has 60 valence electrons. The molecule has 0 bridgehead atoms. The van der Waals surface area contributed by atoms with Crippen LogP contribution in [0.15, 0.2) is 0 Å². The first-order chi connectivity index (χ1) is 4.63. The van der Waals surface area contributed by atoms with Gasteiger partial charge in [-0.25, -0.2) is 0 Å². The molecular weight excluding hydrogens is 173 g/mol. The highest BCUT2D eigenvalue weighted by Crippen LogP contribution is 2.07. The fourth-order valence-electron chi connectivity index (χ4n) is 0.688. The van der Waals surface area contributed by atoms with Crippen LogP contribution in [0.25, 0.3) is 0 Å². The zero-order valence-corrected chi connectivity index (χ0v) is 7.61. The van der Waals surface area contributed by atoms with Gasteiger partial charge in [-0.1, -0.05) is 25.4 Å². The summed E-state index contributed by atoms with van der Waals surface area (Å²) in [4.78, 5) is 12.3. The molecule has 0 aliphatic carbocycles. The van der Waals surface area contributed by atoms with Crippen molar-refractivity contribution in [1.29, 1.82) is 0 Å². The number of carbonyl (C=O) groups excluding carboxylic acids is 1. The Morgan fingerprint density at radius 3 is 2.00 bits per heavy atom. The summed E-state index contributed by atoms with van der Waals surface area (Å²) in [6.45, 7) is 5.34. The molecule has 0 amide bonds. The second-order valence-electron chi connectivity index (χ2n) is 1.86. The fraction of sp³-hybridized carbons (Fsp3) is 0.833. The summed E-state index contributed by atoms with van der Waals surface area (Å²) < 4.78 is 0. The van der Waals surface area contributed by atoms with E-state index in [9.17, 15) is 4.79 Å². The third-order valence-corrected chi connectivity index (χ3v) is 2.11. The van der Waals surface area contributed by atoms with E-state index in [2.05, 4.69) is 0 Å². The quantitative estimate of drug-likeness (QED) is 0.376. The fourth-order valence-corrected chi connectivity index (χ4v) is 1.10. The van der Waals surface area contributed by atoms with E-state index in [1.54, 1.807) is 4.90 Å². The first-order valence-corrected chi connectivity index (χ1v) is 4.02. The van der Waals surface area contributed by atoms with Crippen molar-refractivity contribution in [3.63, 3.8) is 0 Å². The molecule has 0 heterocycles. The first kappa shape index (κ1) is 10.2. The van der Waals surface area contributed by atoms with E-state index in [0.29, 0.717) is 0 Å². The lowest BCUT2D eigenvalue weighted by Gasteiger charge is -2.20. The van der Waals surface area contributed by atoms with Crippen molar-refractivity contribution in [2.75, 3.05) is 13.1 Å². The normalized spacial score (nSPS) is 13.7. The predicted molar refractivity (Wildman–Crippen MR) is 43.4 cm³/mol. The summed E-state index contributed by atoms with van der Waals surface area (Å²) in [7, 11) is 0. The average molecular weight is 184 g/mol. The Morgan fingerprint density at radius 1 is 1.50 bits per heavy atom. The number of nitrogens with zero attached hydrogens (tertiary/aromatic N) is 1. The second-order valence-corrected chi connectivity index (χ2v) is 2.65.